The van der Waals surface area contributed by atoms with Crippen LogP contribution in [0, 0.1) is 0 Å². The molecular formula is C17H15ClN2O3. The van der Waals surface area contributed by atoms with Crippen molar-refractivity contribution < 1.29 is 14.3 Å². The highest BCUT2D eigenvalue weighted by molar-refractivity contribution is 6.30. The van der Waals surface area contributed by atoms with Gasteiger partial charge in [-0.05, 0) is 48.5 Å². The van der Waals surface area contributed by atoms with E-state index in [9.17, 15) is 4.79 Å². The second-order valence-corrected chi connectivity index (χ2v) is 5.46. The molecule has 23 heavy (non-hydrogen) atoms. The van der Waals surface area contributed by atoms with Crippen molar-refractivity contribution in [3.63, 3.8) is 0 Å². The number of hydrogen-bond donors (Lipinski definition) is 0. The first kappa shape index (κ1) is 15.4. The molecule has 0 bridgehead atoms. The normalized spacial score (nSPS) is 16.7. The molecular weight excluding hydrogens is 316 g/mol. The Balaban J connectivity index is 1.90. The topological polar surface area (TPSA) is 51.1 Å². The fourth-order valence-corrected chi connectivity index (χ4v) is 2.39. The van der Waals surface area contributed by atoms with Crippen molar-refractivity contribution in [2.45, 2.75) is 13.2 Å². The van der Waals surface area contributed by atoms with Crippen molar-refractivity contribution in [1.82, 2.24) is 5.01 Å². The fourth-order valence-electron chi connectivity index (χ4n) is 2.26. The molecule has 6 heteroatoms. The Morgan fingerprint density at radius 1 is 1.17 bits per heavy atom. The number of hydrazone groups is 1. The lowest BCUT2D eigenvalue weighted by atomic mass is 10.2. The van der Waals surface area contributed by atoms with E-state index >= 15 is 0 Å². The maximum Gasteiger partial charge on any atom is 0.243 e. The molecule has 3 rings (SSSR count). The van der Waals surface area contributed by atoms with E-state index in [2.05, 4.69) is 5.10 Å². The first-order valence-corrected chi connectivity index (χ1v) is 7.41. The molecule has 0 unspecified atom stereocenters. The second-order valence-electron chi connectivity index (χ2n) is 5.02. The number of hydrogen-bond acceptors (Lipinski definition) is 4. The Morgan fingerprint density at radius 2 is 1.83 bits per heavy atom. The number of rotatable bonds is 3. The van der Waals surface area contributed by atoms with Crippen molar-refractivity contribution in [2.24, 2.45) is 5.10 Å². The summed E-state index contributed by atoms with van der Waals surface area (Å²) in [5, 5.41) is 6.24. The summed E-state index contributed by atoms with van der Waals surface area (Å²) in [6.45, 7) is 1.45. The molecule has 1 atom stereocenters. The summed E-state index contributed by atoms with van der Waals surface area (Å²) in [7, 11) is 1.60. The van der Waals surface area contributed by atoms with Gasteiger partial charge in [0.15, 0.2) is 0 Å². The molecule has 118 valence electrons. The fraction of sp³-hybridized carbons (Fsp3) is 0.176. The molecule has 1 aliphatic rings. The third-order valence-corrected chi connectivity index (χ3v) is 3.71. The summed E-state index contributed by atoms with van der Waals surface area (Å²) in [4.78, 5) is 11.9. The van der Waals surface area contributed by atoms with Gasteiger partial charge in [-0.25, -0.2) is 0 Å². The van der Waals surface area contributed by atoms with Crippen LogP contribution in [-0.2, 0) is 9.53 Å². The molecule has 1 heterocycles. The number of benzene rings is 2. The van der Waals surface area contributed by atoms with Gasteiger partial charge < -0.3 is 9.47 Å². The number of nitrogens with zero attached hydrogens (tertiary/aromatic N) is 2. The van der Waals surface area contributed by atoms with Crippen LogP contribution >= 0.6 is 11.6 Å². The standard InChI is InChI=1S/C17H15ClN2O3/c1-11(21)20-17(13-5-9-15(22-2)10-6-13)23-16(19-20)12-3-7-14(18)8-4-12/h3-10,17H,1-2H3/t17-/m0/s1. The van der Waals surface area contributed by atoms with Gasteiger partial charge in [-0.3, -0.25) is 4.79 Å². The zero-order valence-electron chi connectivity index (χ0n) is 12.7. The van der Waals surface area contributed by atoms with Gasteiger partial charge in [-0.1, -0.05) is 11.6 Å². The summed E-state index contributed by atoms with van der Waals surface area (Å²) in [5.41, 5.74) is 1.57. The zero-order chi connectivity index (χ0) is 16.4. The molecule has 2 aromatic rings. The number of halogens is 1. The van der Waals surface area contributed by atoms with Crippen LogP contribution < -0.4 is 4.74 Å². The average molecular weight is 331 g/mol. The van der Waals surface area contributed by atoms with Crippen LogP contribution in [0.15, 0.2) is 53.6 Å². The van der Waals surface area contributed by atoms with E-state index in [1.165, 1.54) is 11.9 Å². The molecule has 0 radical (unpaired) electrons. The molecule has 1 aliphatic heterocycles. The number of carbonyl (C=O) groups excluding carboxylic acids is 1. The minimum atomic E-state index is -0.593. The monoisotopic (exact) mass is 330 g/mol. The summed E-state index contributed by atoms with van der Waals surface area (Å²) in [6.07, 6.45) is -0.593. The Hall–Kier alpha value is -2.53. The SMILES string of the molecule is COc1ccc([C@@H]2OC(c3ccc(Cl)cc3)=NN2C(C)=O)cc1. The van der Waals surface area contributed by atoms with E-state index in [4.69, 9.17) is 21.1 Å². The summed E-state index contributed by atoms with van der Waals surface area (Å²) < 4.78 is 11.0. The Morgan fingerprint density at radius 3 is 2.39 bits per heavy atom. The van der Waals surface area contributed by atoms with Crippen LogP contribution in [0.5, 0.6) is 5.75 Å². The molecule has 0 spiro atoms. The Bertz CT molecular complexity index is 741. The van der Waals surface area contributed by atoms with E-state index in [-0.39, 0.29) is 5.91 Å². The van der Waals surface area contributed by atoms with Gasteiger partial charge >= 0.3 is 0 Å². The van der Waals surface area contributed by atoms with Crippen molar-refractivity contribution in [2.75, 3.05) is 7.11 Å². The van der Waals surface area contributed by atoms with E-state index in [1.807, 2.05) is 24.3 Å². The highest BCUT2D eigenvalue weighted by Crippen LogP contribution is 2.31. The number of methoxy groups -OCH3 is 1. The zero-order valence-corrected chi connectivity index (χ0v) is 13.4. The van der Waals surface area contributed by atoms with Crippen LogP contribution in [0.4, 0.5) is 0 Å². The summed E-state index contributed by atoms with van der Waals surface area (Å²) >= 11 is 5.89. The quantitative estimate of drug-likeness (QED) is 0.864. The van der Waals surface area contributed by atoms with Crippen molar-refractivity contribution in [3.8, 4) is 5.75 Å². The lowest BCUT2D eigenvalue weighted by Gasteiger charge is -2.19. The van der Waals surface area contributed by atoms with Crippen LogP contribution in [0.1, 0.15) is 24.3 Å². The second kappa shape index (κ2) is 6.30. The predicted molar refractivity (Wildman–Crippen MR) is 87.3 cm³/mol. The van der Waals surface area contributed by atoms with Gasteiger partial charge in [0.05, 0.1) is 7.11 Å². The van der Waals surface area contributed by atoms with Gasteiger partial charge in [-0.2, -0.15) is 5.01 Å². The van der Waals surface area contributed by atoms with Crippen LogP contribution in [0.3, 0.4) is 0 Å². The average Bonchev–Trinajstić information content (AvgIpc) is 3.01. The maximum absolute atomic E-state index is 11.9. The first-order chi connectivity index (χ1) is 11.1. The molecule has 2 aromatic carbocycles. The van der Waals surface area contributed by atoms with Gasteiger partial charge in [0.2, 0.25) is 18.0 Å². The molecule has 0 N–H and O–H groups in total. The molecule has 0 saturated carbocycles. The van der Waals surface area contributed by atoms with E-state index in [1.54, 1.807) is 31.4 Å². The lowest BCUT2D eigenvalue weighted by molar-refractivity contribution is -0.135. The van der Waals surface area contributed by atoms with Gasteiger partial charge in [0.1, 0.15) is 5.75 Å². The van der Waals surface area contributed by atoms with Crippen LogP contribution in [0.25, 0.3) is 0 Å². The molecule has 1 amide bonds. The van der Waals surface area contributed by atoms with Crippen molar-refractivity contribution in [1.29, 1.82) is 0 Å². The van der Waals surface area contributed by atoms with Gasteiger partial charge in [0.25, 0.3) is 0 Å². The molecule has 0 saturated heterocycles. The highest BCUT2D eigenvalue weighted by atomic mass is 35.5. The van der Waals surface area contributed by atoms with E-state index in [0.717, 1.165) is 16.9 Å². The summed E-state index contributed by atoms with van der Waals surface area (Å²) in [6, 6.07) is 14.4. The Labute approximate surface area is 139 Å². The minimum Gasteiger partial charge on any atom is -0.497 e. The highest BCUT2D eigenvalue weighted by Gasteiger charge is 2.32. The lowest BCUT2D eigenvalue weighted by Crippen LogP contribution is -2.25. The van der Waals surface area contributed by atoms with E-state index < -0.39 is 6.23 Å². The molecule has 5 nitrogen and oxygen atoms in total. The number of amides is 1. The molecule has 0 aliphatic carbocycles. The smallest absolute Gasteiger partial charge is 0.243 e. The van der Waals surface area contributed by atoms with Crippen LogP contribution in [-0.4, -0.2) is 23.9 Å². The third-order valence-electron chi connectivity index (χ3n) is 3.46. The predicted octanol–water partition coefficient (Wildman–Crippen LogP) is 3.59. The number of ether oxygens (including phenoxy) is 2. The van der Waals surface area contributed by atoms with Crippen molar-refractivity contribution >= 4 is 23.4 Å². The first-order valence-electron chi connectivity index (χ1n) is 7.03. The Kier molecular flexibility index (Phi) is 4.21. The van der Waals surface area contributed by atoms with Crippen molar-refractivity contribution in [3.05, 3.63) is 64.7 Å². The largest absolute Gasteiger partial charge is 0.497 e. The van der Waals surface area contributed by atoms with Gasteiger partial charge in [0, 0.05) is 23.1 Å². The molecule has 0 aromatic heterocycles. The minimum absolute atomic E-state index is 0.199. The maximum atomic E-state index is 11.9. The van der Waals surface area contributed by atoms with E-state index in [0.29, 0.717) is 10.9 Å². The third kappa shape index (κ3) is 3.14. The number of carbonyl (C=O) groups is 1. The van der Waals surface area contributed by atoms with Crippen LogP contribution in [0.2, 0.25) is 5.02 Å². The van der Waals surface area contributed by atoms with Gasteiger partial charge in [-0.15, -0.1) is 5.10 Å². The summed E-state index contributed by atoms with van der Waals surface area (Å²) in [5.74, 6) is 0.924. The molecule has 0 fully saturated rings.